The van der Waals surface area contributed by atoms with Crippen LogP contribution in [0.5, 0.6) is 5.75 Å². The lowest BCUT2D eigenvalue weighted by Gasteiger charge is -2.08. The van der Waals surface area contributed by atoms with Crippen molar-refractivity contribution in [3.63, 3.8) is 0 Å². The largest absolute Gasteiger partial charge is 0.496 e. The Kier molecular flexibility index (Phi) is 2.23. The van der Waals surface area contributed by atoms with Crippen LogP contribution < -0.4 is 4.74 Å². The average molecular weight is 177 g/mol. The van der Waals surface area contributed by atoms with Crippen LogP contribution in [0.2, 0.25) is 0 Å². The zero-order valence-corrected chi connectivity index (χ0v) is 7.66. The molecule has 1 radical (unpaired) electrons. The molecule has 0 atom stereocenters. The molecule has 0 unspecified atom stereocenters. The monoisotopic (exact) mass is 177 g/mol. The molecule has 0 aliphatic heterocycles. The minimum absolute atomic E-state index is 0.648. The molecular weight excluding hydrogens is 164 g/mol. The Bertz CT molecular complexity index is 303. The molecule has 0 bridgehead atoms. The van der Waals surface area contributed by atoms with Gasteiger partial charge < -0.3 is 9.84 Å². The number of aliphatic hydroxyl groups excluding tert-OH is 1. The van der Waals surface area contributed by atoms with Gasteiger partial charge in [0.1, 0.15) is 12.4 Å². The van der Waals surface area contributed by atoms with Crippen molar-refractivity contribution in [3.05, 3.63) is 35.9 Å². The van der Waals surface area contributed by atoms with E-state index in [1.54, 1.807) is 7.11 Å². The number of hydrogen-bond donors (Lipinski definition) is 1. The van der Waals surface area contributed by atoms with E-state index in [-0.39, 0.29) is 0 Å². The number of aliphatic hydroxyl groups is 1. The first-order chi connectivity index (χ1) is 6.35. The summed E-state index contributed by atoms with van der Waals surface area (Å²) in [6, 6.07) is 5.76. The van der Waals surface area contributed by atoms with Crippen molar-refractivity contribution >= 4 is 0 Å². The molecule has 13 heavy (non-hydrogen) atoms. The van der Waals surface area contributed by atoms with Gasteiger partial charge in [0.25, 0.3) is 0 Å². The fourth-order valence-electron chi connectivity index (χ4n) is 1.55. The van der Waals surface area contributed by atoms with Crippen molar-refractivity contribution in [1.82, 2.24) is 0 Å². The van der Waals surface area contributed by atoms with Gasteiger partial charge in [0.15, 0.2) is 0 Å². The van der Waals surface area contributed by atoms with E-state index in [2.05, 4.69) is 0 Å². The maximum absolute atomic E-state index is 8.86. The summed E-state index contributed by atoms with van der Waals surface area (Å²) >= 11 is 0. The van der Waals surface area contributed by atoms with Gasteiger partial charge in [-0.2, -0.15) is 0 Å². The molecule has 2 heteroatoms. The molecule has 0 heterocycles. The third kappa shape index (κ3) is 1.68. The molecule has 1 fully saturated rings. The first-order valence-corrected chi connectivity index (χ1v) is 4.50. The average Bonchev–Trinajstić information content (AvgIpc) is 3.00. The Morgan fingerprint density at radius 3 is 2.77 bits per heavy atom. The van der Waals surface area contributed by atoms with Crippen LogP contribution in [0.4, 0.5) is 0 Å². The molecular formula is C11H13O2. The first-order valence-electron chi connectivity index (χ1n) is 4.50. The SMILES string of the molecule is COc1ccc([CH]O)cc1C1CC1. The summed E-state index contributed by atoms with van der Waals surface area (Å²) in [5.74, 6) is 1.59. The van der Waals surface area contributed by atoms with E-state index in [0.29, 0.717) is 5.92 Å². The minimum Gasteiger partial charge on any atom is -0.496 e. The maximum Gasteiger partial charge on any atom is 0.122 e. The summed E-state index contributed by atoms with van der Waals surface area (Å²) < 4.78 is 5.25. The Hall–Kier alpha value is -1.02. The lowest BCUT2D eigenvalue weighted by Crippen LogP contribution is -1.91. The number of rotatable bonds is 3. The van der Waals surface area contributed by atoms with Gasteiger partial charge in [-0.15, -0.1) is 0 Å². The highest BCUT2D eigenvalue weighted by molar-refractivity contribution is 5.43. The normalized spacial score (nSPS) is 15.8. The van der Waals surface area contributed by atoms with Crippen molar-refractivity contribution < 1.29 is 9.84 Å². The van der Waals surface area contributed by atoms with Crippen molar-refractivity contribution in [2.75, 3.05) is 7.11 Å². The summed E-state index contributed by atoms with van der Waals surface area (Å²) in [7, 11) is 1.68. The van der Waals surface area contributed by atoms with E-state index in [4.69, 9.17) is 9.84 Å². The zero-order chi connectivity index (χ0) is 9.26. The van der Waals surface area contributed by atoms with Crippen LogP contribution >= 0.6 is 0 Å². The van der Waals surface area contributed by atoms with Gasteiger partial charge in [0, 0.05) is 0 Å². The molecule has 1 aliphatic rings. The van der Waals surface area contributed by atoms with Gasteiger partial charge >= 0.3 is 0 Å². The van der Waals surface area contributed by atoms with Crippen molar-refractivity contribution in [2.24, 2.45) is 0 Å². The van der Waals surface area contributed by atoms with Crippen LogP contribution in [0.1, 0.15) is 29.9 Å². The lowest BCUT2D eigenvalue weighted by molar-refractivity contribution is 0.405. The summed E-state index contributed by atoms with van der Waals surface area (Å²) in [4.78, 5) is 0. The fraction of sp³-hybridized carbons (Fsp3) is 0.364. The predicted octanol–water partition coefficient (Wildman–Crippen LogP) is 2.45. The number of benzene rings is 1. The molecule has 69 valence electrons. The van der Waals surface area contributed by atoms with Crippen molar-refractivity contribution in [3.8, 4) is 5.75 Å². The van der Waals surface area contributed by atoms with Crippen molar-refractivity contribution in [1.29, 1.82) is 0 Å². The number of ether oxygens (including phenoxy) is 1. The second-order valence-corrected chi connectivity index (χ2v) is 3.40. The molecule has 1 aromatic carbocycles. The third-order valence-electron chi connectivity index (χ3n) is 2.42. The Labute approximate surface area is 78.2 Å². The van der Waals surface area contributed by atoms with Crippen LogP contribution in [-0.2, 0) is 0 Å². The molecule has 1 N–H and O–H groups in total. The third-order valence-corrected chi connectivity index (χ3v) is 2.42. The Morgan fingerprint density at radius 1 is 1.46 bits per heavy atom. The minimum atomic E-state index is 0.648. The first kappa shape index (κ1) is 8.57. The summed E-state index contributed by atoms with van der Waals surface area (Å²) in [5.41, 5.74) is 2.08. The van der Waals surface area contributed by atoms with Gasteiger partial charge in [-0.1, -0.05) is 6.07 Å². The molecule has 0 amide bonds. The molecule has 0 spiro atoms. The van der Waals surface area contributed by atoms with E-state index in [9.17, 15) is 0 Å². The molecule has 1 aromatic rings. The van der Waals surface area contributed by atoms with Crippen LogP contribution in [0, 0.1) is 6.61 Å². The van der Waals surface area contributed by atoms with Gasteiger partial charge in [0.2, 0.25) is 0 Å². The van der Waals surface area contributed by atoms with E-state index in [1.165, 1.54) is 18.4 Å². The van der Waals surface area contributed by atoms with Gasteiger partial charge in [-0.05, 0) is 42.0 Å². The molecule has 0 saturated heterocycles. The quantitative estimate of drug-likeness (QED) is 0.768. The van der Waals surface area contributed by atoms with E-state index >= 15 is 0 Å². The molecule has 2 rings (SSSR count). The Balaban J connectivity index is 2.35. The fourth-order valence-corrected chi connectivity index (χ4v) is 1.55. The number of methoxy groups -OCH3 is 1. The van der Waals surface area contributed by atoms with Crippen molar-refractivity contribution in [2.45, 2.75) is 18.8 Å². The molecule has 1 aliphatic carbocycles. The molecule has 0 aromatic heterocycles. The topological polar surface area (TPSA) is 29.5 Å². The zero-order valence-electron chi connectivity index (χ0n) is 7.66. The summed E-state index contributed by atoms with van der Waals surface area (Å²) in [6.07, 6.45) is 2.48. The second-order valence-electron chi connectivity index (χ2n) is 3.40. The Morgan fingerprint density at radius 2 is 2.23 bits per heavy atom. The standard InChI is InChI=1S/C11H13O2/c1-13-11-5-2-8(7-12)6-10(11)9-3-4-9/h2,5-7,9,12H,3-4H2,1H3. The summed E-state index contributed by atoms with van der Waals surface area (Å²) in [6.45, 7) is 1.13. The smallest absolute Gasteiger partial charge is 0.122 e. The van der Waals surface area contributed by atoms with Crippen LogP contribution in [-0.4, -0.2) is 12.2 Å². The highest BCUT2D eigenvalue weighted by Gasteiger charge is 2.26. The number of hydrogen-bond acceptors (Lipinski definition) is 2. The van der Waals surface area contributed by atoms with Crippen LogP contribution in [0.3, 0.4) is 0 Å². The van der Waals surface area contributed by atoms with E-state index < -0.39 is 0 Å². The summed E-state index contributed by atoms with van der Waals surface area (Å²) in [5, 5.41) is 8.86. The molecule has 1 saturated carbocycles. The highest BCUT2D eigenvalue weighted by Crippen LogP contribution is 2.44. The lowest BCUT2D eigenvalue weighted by atomic mass is 10.1. The van der Waals surface area contributed by atoms with Gasteiger partial charge in [-0.3, -0.25) is 0 Å². The predicted molar refractivity (Wildman–Crippen MR) is 50.3 cm³/mol. The molecule has 2 nitrogen and oxygen atoms in total. The van der Waals surface area contributed by atoms with E-state index in [1.807, 2.05) is 18.2 Å². The van der Waals surface area contributed by atoms with Crippen LogP contribution in [0.25, 0.3) is 0 Å². The van der Waals surface area contributed by atoms with E-state index in [0.717, 1.165) is 17.9 Å². The van der Waals surface area contributed by atoms with Crippen LogP contribution in [0.15, 0.2) is 18.2 Å². The maximum atomic E-state index is 8.86. The van der Waals surface area contributed by atoms with Gasteiger partial charge in [-0.25, -0.2) is 0 Å². The second kappa shape index (κ2) is 3.38. The van der Waals surface area contributed by atoms with Gasteiger partial charge in [0.05, 0.1) is 7.11 Å². The highest BCUT2D eigenvalue weighted by atomic mass is 16.5.